The third-order valence-electron chi connectivity index (χ3n) is 2.61. The summed E-state index contributed by atoms with van der Waals surface area (Å²) in [6, 6.07) is 8.03. The molecule has 1 aromatic carbocycles. The number of carbonyl (C=O) groups is 1. The predicted octanol–water partition coefficient (Wildman–Crippen LogP) is 2.64. The quantitative estimate of drug-likeness (QED) is 0.852. The first-order chi connectivity index (χ1) is 7.77. The van der Waals surface area contributed by atoms with Crippen molar-refractivity contribution in [1.29, 1.82) is 0 Å². The first-order valence-electron chi connectivity index (χ1n) is 5.31. The van der Waals surface area contributed by atoms with E-state index in [0.717, 1.165) is 11.8 Å². The largest absolute Gasteiger partial charge is 0.481 e. The van der Waals surface area contributed by atoms with Gasteiger partial charge in [0.1, 0.15) is 0 Å². The third kappa shape index (κ3) is 2.37. The van der Waals surface area contributed by atoms with Gasteiger partial charge in [0.15, 0.2) is 0 Å². The smallest absolute Gasteiger partial charge is 0.303 e. The van der Waals surface area contributed by atoms with Crippen molar-refractivity contribution in [2.24, 2.45) is 0 Å². The summed E-state index contributed by atoms with van der Waals surface area (Å²) < 4.78 is 0. The maximum atomic E-state index is 10.4. The molecule has 0 unspecified atom stereocenters. The van der Waals surface area contributed by atoms with Crippen LogP contribution in [-0.4, -0.2) is 16.1 Å². The van der Waals surface area contributed by atoms with E-state index >= 15 is 0 Å². The molecule has 3 heteroatoms. The van der Waals surface area contributed by atoms with E-state index in [0.29, 0.717) is 6.42 Å². The van der Waals surface area contributed by atoms with Gasteiger partial charge in [0.2, 0.25) is 0 Å². The molecule has 0 fully saturated rings. The fraction of sp³-hybridized carbons (Fsp3) is 0.231. The summed E-state index contributed by atoms with van der Waals surface area (Å²) in [4.78, 5) is 14.5. The molecule has 1 heterocycles. The zero-order valence-corrected chi connectivity index (χ0v) is 8.89. The van der Waals surface area contributed by atoms with Gasteiger partial charge in [0, 0.05) is 24.2 Å². The monoisotopic (exact) mass is 215 g/mol. The summed E-state index contributed by atoms with van der Waals surface area (Å²) in [7, 11) is 0. The van der Waals surface area contributed by atoms with E-state index in [9.17, 15) is 4.79 Å². The second-order valence-corrected chi connectivity index (χ2v) is 3.76. The third-order valence-corrected chi connectivity index (χ3v) is 2.61. The van der Waals surface area contributed by atoms with Crippen LogP contribution in [0, 0.1) is 0 Å². The van der Waals surface area contributed by atoms with Gasteiger partial charge >= 0.3 is 5.97 Å². The predicted molar refractivity (Wildman–Crippen MR) is 62.3 cm³/mol. The van der Waals surface area contributed by atoms with E-state index in [1.165, 1.54) is 10.9 Å². The van der Waals surface area contributed by atoms with Crippen LogP contribution >= 0.6 is 0 Å². The number of hydrogen-bond acceptors (Lipinski definition) is 2. The van der Waals surface area contributed by atoms with Crippen LogP contribution in [0.5, 0.6) is 0 Å². The number of benzene rings is 1. The van der Waals surface area contributed by atoms with Crippen LogP contribution in [0.2, 0.25) is 0 Å². The van der Waals surface area contributed by atoms with Crippen molar-refractivity contribution in [3.63, 3.8) is 0 Å². The highest BCUT2D eigenvalue weighted by Gasteiger charge is 2.02. The van der Waals surface area contributed by atoms with Gasteiger partial charge in [-0.05, 0) is 29.9 Å². The second kappa shape index (κ2) is 4.75. The van der Waals surface area contributed by atoms with E-state index in [-0.39, 0.29) is 6.42 Å². The normalized spacial score (nSPS) is 10.5. The maximum absolute atomic E-state index is 10.4. The molecule has 0 radical (unpaired) electrons. The molecule has 16 heavy (non-hydrogen) atoms. The summed E-state index contributed by atoms with van der Waals surface area (Å²) in [5.74, 6) is -0.734. The Morgan fingerprint density at radius 3 is 3.00 bits per heavy atom. The highest BCUT2D eigenvalue weighted by Crippen LogP contribution is 2.19. The Bertz CT molecular complexity index is 503. The van der Waals surface area contributed by atoms with Gasteiger partial charge in [-0.25, -0.2) is 0 Å². The molecule has 0 aliphatic heterocycles. The molecular formula is C13H13NO2. The molecule has 1 N–H and O–H groups in total. The van der Waals surface area contributed by atoms with Crippen molar-refractivity contribution in [3.8, 4) is 0 Å². The van der Waals surface area contributed by atoms with Crippen LogP contribution < -0.4 is 0 Å². The number of nitrogens with zero attached hydrogens (tertiary/aromatic N) is 1. The highest BCUT2D eigenvalue weighted by atomic mass is 16.4. The Labute approximate surface area is 93.7 Å². The standard InChI is InChI=1S/C13H13NO2/c15-13(16)6-2-4-10-3-1-5-11-9-14-8-7-12(10)11/h1,3,5,7-9H,2,4,6H2,(H,15,16). The van der Waals surface area contributed by atoms with Crippen molar-refractivity contribution < 1.29 is 9.90 Å². The Morgan fingerprint density at radius 1 is 1.31 bits per heavy atom. The summed E-state index contributed by atoms with van der Waals surface area (Å²) in [5.41, 5.74) is 1.20. The van der Waals surface area contributed by atoms with Crippen molar-refractivity contribution in [1.82, 2.24) is 4.98 Å². The summed E-state index contributed by atoms with van der Waals surface area (Å²) in [5, 5.41) is 10.9. The van der Waals surface area contributed by atoms with E-state index in [4.69, 9.17) is 5.11 Å². The van der Waals surface area contributed by atoms with Gasteiger partial charge in [-0.2, -0.15) is 0 Å². The zero-order valence-electron chi connectivity index (χ0n) is 8.89. The summed E-state index contributed by atoms with van der Waals surface area (Å²) >= 11 is 0. The van der Waals surface area contributed by atoms with Gasteiger partial charge < -0.3 is 5.11 Å². The SMILES string of the molecule is O=C(O)CCCc1cccc2cnccc12. The first kappa shape index (κ1) is 10.6. The van der Waals surface area contributed by atoms with Crippen LogP contribution in [0.1, 0.15) is 18.4 Å². The van der Waals surface area contributed by atoms with Crippen LogP contribution in [0.3, 0.4) is 0 Å². The number of rotatable bonds is 4. The molecule has 0 saturated carbocycles. The average Bonchev–Trinajstić information content (AvgIpc) is 2.29. The minimum atomic E-state index is -0.734. The lowest BCUT2D eigenvalue weighted by molar-refractivity contribution is -0.137. The topological polar surface area (TPSA) is 50.2 Å². The van der Waals surface area contributed by atoms with Crippen molar-refractivity contribution in [3.05, 3.63) is 42.2 Å². The molecule has 2 aromatic rings. The molecule has 0 bridgehead atoms. The van der Waals surface area contributed by atoms with Crippen LogP contribution in [0.4, 0.5) is 0 Å². The fourth-order valence-electron chi connectivity index (χ4n) is 1.84. The van der Waals surface area contributed by atoms with Crippen LogP contribution in [0.15, 0.2) is 36.7 Å². The van der Waals surface area contributed by atoms with Gasteiger partial charge in [0.25, 0.3) is 0 Å². The minimum absolute atomic E-state index is 0.224. The van der Waals surface area contributed by atoms with Crippen molar-refractivity contribution in [2.45, 2.75) is 19.3 Å². The Kier molecular flexibility index (Phi) is 3.15. The van der Waals surface area contributed by atoms with E-state index in [1.807, 2.05) is 30.5 Å². The molecule has 0 aliphatic rings. The second-order valence-electron chi connectivity index (χ2n) is 3.76. The fourth-order valence-corrected chi connectivity index (χ4v) is 1.84. The molecule has 1 aromatic heterocycles. The first-order valence-corrected chi connectivity index (χ1v) is 5.31. The van der Waals surface area contributed by atoms with Gasteiger partial charge in [-0.3, -0.25) is 9.78 Å². The Balaban J connectivity index is 2.20. The Hall–Kier alpha value is -1.90. The number of carboxylic acid groups (broad SMARTS) is 1. The Morgan fingerprint density at radius 2 is 2.19 bits per heavy atom. The number of carboxylic acids is 1. The average molecular weight is 215 g/mol. The van der Waals surface area contributed by atoms with E-state index in [1.54, 1.807) is 6.20 Å². The molecule has 0 amide bonds. The maximum Gasteiger partial charge on any atom is 0.303 e. The molecule has 0 atom stereocenters. The van der Waals surface area contributed by atoms with Gasteiger partial charge in [-0.1, -0.05) is 18.2 Å². The number of aliphatic carboxylic acids is 1. The molecule has 0 aliphatic carbocycles. The molecule has 3 nitrogen and oxygen atoms in total. The molecular weight excluding hydrogens is 202 g/mol. The van der Waals surface area contributed by atoms with Gasteiger partial charge in [0.05, 0.1) is 0 Å². The number of pyridine rings is 1. The summed E-state index contributed by atoms with van der Waals surface area (Å²) in [6.45, 7) is 0. The highest BCUT2D eigenvalue weighted by molar-refractivity contribution is 5.84. The number of fused-ring (bicyclic) bond motifs is 1. The van der Waals surface area contributed by atoms with Crippen molar-refractivity contribution >= 4 is 16.7 Å². The lowest BCUT2D eigenvalue weighted by Gasteiger charge is -2.04. The van der Waals surface area contributed by atoms with Crippen LogP contribution in [-0.2, 0) is 11.2 Å². The minimum Gasteiger partial charge on any atom is -0.481 e. The zero-order chi connectivity index (χ0) is 11.4. The molecule has 0 saturated heterocycles. The molecule has 0 spiro atoms. The summed E-state index contributed by atoms with van der Waals surface area (Å²) in [6.07, 6.45) is 5.30. The molecule has 2 rings (SSSR count). The van der Waals surface area contributed by atoms with E-state index < -0.39 is 5.97 Å². The number of hydrogen-bond donors (Lipinski definition) is 1. The van der Waals surface area contributed by atoms with Crippen LogP contribution in [0.25, 0.3) is 10.8 Å². The van der Waals surface area contributed by atoms with Gasteiger partial charge in [-0.15, -0.1) is 0 Å². The van der Waals surface area contributed by atoms with Crippen molar-refractivity contribution in [2.75, 3.05) is 0 Å². The number of aromatic nitrogens is 1. The van der Waals surface area contributed by atoms with E-state index in [2.05, 4.69) is 4.98 Å². The lowest BCUT2D eigenvalue weighted by atomic mass is 10.0. The number of aryl methyl sites for hydroxylation is 1. The lowest BCUT2D eigenvalue weighted by Crippen LogP contribution is -1.96. The molecule has 82 valence electrons.